The molecule has 0 fully saturated rings. The molecular formula is C18H20N2O4S. The van der Waals surface area contributed by atoms with E-state index in [0.717, 1.165) is 16.0 Å². The van der Waals surface area contributed by atoms with Gasteiger partial charge in [-0.1, -0.05) is 0 Å². The summed E-state index contributed by atoms with van der Waals surface area (Å²) in [5, 5.41) is 11.2. The van der Waals surface area contributed by atoms with E-state index in [1.807, 2.05) is 32.2 Å². The van der Waals surface area contributed by atoms with Gasteiger partial charge in [0.1, 0.15) is 17.1 Å². The summed E-state index contributed by atoms with van der Waals surface area (Å²) in [7, 11) is 3.10. The highest BCUT2D eigenvalue weighted by Crippen LogP contribution is 2.34. The summed E-state index contributed by atoms with van der Waals surface area (Å²) in [5.41, 5.74) is 1.69. The number of nitro groups is 1. The van der Waals surface area contributed by atoms with Gasteiger partial charge in [0.2, 0.25) is 0 Å². The average molecular weight is 360 g/mol. The minimum absolute atomic E-state index is 0.00328. The third kappa shape index (κ3) is 4.11. The second-order valence-corrected chi connectivity index (χ2v) is 6.71. The van der Waals surface area contributed by atoms with Gasteiger partial charge >= 0.3 is 0 Å². The van der Waals surface area contributed by atoms with Gasteiger partial charge in [0.25, 0.3) is 11.6 Å². The highest BCUT2D eigenvalue weighted by atomic mass is 32.2. The van der Waals surface area contributed by atoms with Gasteiger partial charge in [0.05, 0.1) is 4.92 Å². The van der Waals surface area contributed by atoms with E-state index in [1.165, 1.54) is 23.1 Å². The Kier molecular flexibility index (Phi) is 5.69. The quantitative estimate of drug-likeness (QED) is 0.448. The number of hydrogen-bond donors (Lipinski definition) is 0. The largest absolute Gasteiger partial charge is 0.457 e. The van der Waals surface area contributed by atoms with E-state index in [-0.39, 0.29) is 11.3 Å². The zero-order chi connectivity index (χ0) is 18.7. The molecule has 0 saturated heterocycles. The molecular weight excluding hydrogens is 340 g/mol. The number of amides is 1. The number of thioether (sulfide) groups is 1. The van der Waals surface area contributed by atoms with Crippen molar-refractivity contribution in [3.8, 4) is 11.5 Å². The van der Waals surface area contributed by atoms with Crippen molar-refractivity contribution in [2.45, 2.75) is 18.7 Å². The van der Waals surface area contributed by atoms with E-state index in [9.17, 15) is 14.9 Å². The average Bonchev–Trinajstić information content (AvgIpc) is 2.56. The molecule has 0 spiro atoms. The maximum Gasteiger partial charge on any atom is 0.282 e. The van der Waals surface area contributed by atoms with Gasteiger partial charge in [-0.25, -0.2) is 0 Å². The number of nitro benzene ring substituents is 1. The molecule has 0 heterocycles. The third-order valence-corrected chi connectivity index (χ3v) is 4.40. The van der Waals surface area contributed by atoms with Gasteiger partial charge in [0.15, 0.2) is 0 Å². The SMILES string of the molecule is CSc1cc(C)c(Oc2ccc([N+](=O)[O-])c(C(=O)N(C)C)c2)c(C)c1. The maximum atomic E-state index is 12.3. The Morgan fingerprint density at radius 2 is 1.76 bits per heavy atom. The topological polar surface area (TPSA) is 72.7 Å². The Morgan fingerprint density at radius 3 is 2.24 bits per heavy atom. The molecule has 0 bridgehead atoms. The first-order valence-electron chi connectivity index (χ1n) is 7.57. The van der Waals surface area contributed by atoms with Crippen LogP contribution < -0.4 is 4.74 Å². The molecule has 0 saturated carbocycles. The van der Waals surface area contributed by atoms with Crippen molar-refractivity contribution in [2.24, 2.45) is 0 Å². The molecule has 0 N–H and O–H groups in total. The van der Waals surface area contributed by atoms with Gasteiger partial charge in [-0.3, -0.25) is 14.9 Å². The lowest BCUT2D eigenvalue weighted by atomic mass is 10.1. The Labute approximate surface area is 150 Å². The van der Waals surface area contributed by atoms with E-state index >= 15 is 0 Å². The van der Waals surface area contributed by atoms with Crippen molar-refractivity contribution in [3.05, 3.63) is 57.1 Å². The van der Waals surface area contributed by atoms with Crippen LogP contribution in [0.1, 0.15) is 21.5 Å². The molecule has 2 aromatic carbocycles. The first-order valence-corrected chi connectivity index (χ1v) is 8.80. The monoisotopic (exact) mass is 360 g/mol. The summed E-state index contributed by atoms with van der Waals surface area (Å²) in [6, 6.07) is 8.26. The summed E-state index contributed by atoms with van der Waals surface area (Å²) >= 11 is 1.65. The van der Waals surface area contributed by atoms with Crippen LogP contribution in [0.25, 0.3) is 0 Å². The van der Waals surface area contributed by atoms with Crippen LogP contribution in [-0.2, 0) is 0 Å². The van der Waals surface area contributed by atoms with Gasteiger partial charge in [0, 0.05) is 31.1 Å². The first-order chi connectivity index (χ1) is 11.7. The van der Waals surface area contributed by atoms with Crippen molar-refractivity contribution in [1.82, 2.24) is 4.90 Å². The Balaban J connectivity index is 2.46. The molecule has 0 radical (unpaired) electrons. The van der Waals surface area contributed by atoms with Crippen molar-refractivity contribution in [2.75, 3.05) is 20.4 Å². The lowest BCUT2D eigenvalue weighted by Crippen LogP contribution is -2.22. The molecule has 6 nitrogen and oxygen atoms in total. The second kappa shape index (κ2) is 7.57. The number of carbonyl (C=O) groups is 1. The minimum atomic E-state index is -0.565. The summed E-state index contributed by atoms with van der Waals surface area (Å²) < 4.78 is 5.94. The molecule has 2 rings (SSSR count). The van der Waals surface area contributed by atoms with E-state index < -0.39 is 10.8 Å². The number of ether oxygens (including phenoxy) is 1. The van der Waals surface area contributed by atoms with Crippen LogP contribution in [0, 0.1) is 24.0 Å². The molecule has 7 heteroatoms. The molecule has 2 aromatic rings. The van der Waals surface area contributed by atoms with Crippen molar-refractivity contribution in [1.29, 1.82) is 0 Å². The minimum Gasteiger partial charge on any atom is -0.457 e. The lowest BCUT2D eigenvalue weighted by molar-refractivity contribution is -0.385. The van der Waals surface area contributed by atoms with E-state index in [0.29, 0.717) is 11.5 Å². The molecule has 1 amide bonds. The van der Waals surface area contributed by atoms with Crippen LogP contribution in [0.15, 0.2) is 35.2 Å². The molecule has 0 aliphatic carbocycles. The number of benzene rings is 2. The smallest absolute Gasteiger partial charge is 0.282 e. The zero-order valence-corrected chi connectivity index (χ0v) is 15.6. The van der Waals surface area contributed by atoms with Crippen LogP contribution in [-0.4, -0.2) is 36.1 Å². The molecule has 0 unspecified atom stereocenters. The van der Waals surface area contributed by atoms with E-state index in [2.05, 4.69) is 0 Å². The summed E-state index contributed by atoms with van der Waals surface area (Å²) in [6.07, 6.45) is 2.00. The molecule has 0 aliphatic rings. The first kappa shape index (κ1) is 18.8. The van der Waals surface area contributed by atoms with Crippen LogP contribution in [0.2, 0.25) is 0 Å². The Hall–Kier alpha value is -2.54. The van der Waals surface area contributed by atoms with Crippen molar-refractivity contribution in [3.63, 3.8) is 0 Å². The van der Waals surface area contributed by atoms with E-state index in [1.54, 1.807) is 25.9 Å². The zero-order valence-electron chi connectivity index (χ0n) is 14.8. The van der Waals surface area contributed by atoms with Crippen LogP contribution in [0.5, 0.6) is 11.5 Å². The Bertz CT molecular complexity index is 811. The van der Waals surface area contributed by atoms with Crippen molar-refractivity contribution < 1.29 is 14.5 Å². The highest BCUT2D eigenvalue weighted by Gasteiger charge is 2.23. The van der Waals surface area contributed by atoms with Gasteiger partial charge in [-0.2, -0.15) is 0 Å². The van der Waals surface area contributed by atoms with Crippen LogP contribution in [0.3, 0.4) is 0 Å². The fraction of sp³-hybridized carbons (Fsp3) is 0.278. The normalized spacial score (nSPS) is 10.4. The standard InChI is InChI=1S/C18H20N2O4S/c1-11-8-14(25-5)9-12(2)17(11)24-13-6-7-16(20(22)23)15(10-13)18(21)19(3)4/h6-10H,1-5H3. The molecule has 132 valence electrons. The number of aryl methyl sites for hydroxylation is 2. The van der Waals surface area contributed by atoms with Crippen LogP contribution in [0.4, 0.5) is 5.69 Å². The molecule has 0 aliphatic heterocycles. The van der Waals surface area contributed by atoms with Crippen LogP contribution >= 0.6 is 11.8 Å². The fourth-order valence-corrected chi connectivity index (χ4v) is 3.05. The summed E-state index contributed by atoms with van der Waals surface area (Å²) in [6.45, 7) is 3.89. The molecule has 0 atom stereocenters. The highest BCUT2D eigenvalue weighted by molar-refractivity contribution is 7.98. The number of hydrogen-bond acceptors (Lipinski definition) is 5. The summed E-state index contributed by atoms with van der Waals surface area (Å²) in [4.78, 5) is 25.3. The van der Waals surface area contributed by atoms with Gasteiger partial charge in [-0.05, 0) is 49.4 Å². The predicted molar refractivity (Wildman–Crippen MR) is 98.9 cm³/mol. The second-order valence-electron chi connectivity index (χ2n) is 5.83. The maximum absolute atomic E-state index is 12.3. The van der Waals surface area contributed by atoms with Gasteiger partial charge < -0.3 is 9.64 Å². The van der Waals surface area contributed by atoms with E-state index in [4.69, 9.17) is 4.74 Å². The fourth-order valence-electron chi connectivity index (χ4n) is 2.46. The molecule has 25 heavy (non-hydrogen) atoms. The third-order valence-electron chi connectivity index (χ3n) is 3.69. The lowest BCUT2D eigenvalue weighted by Gasteiger charge is -2.15. The van der Waals surface area contributed by atoms with Gasteiger partial charge in [-0.15, -0.1) is 11.8 Å². The number of carbonyl (C=O) groups excluding carboxylic acids is 1. The number of nitrogens with zero attached hydrogens (tertiary/aromatic N) is 2. The molecule has 0 aromatic heterocycles. The Morgan fingerprint density at radius 1 is 1.16 bits per heavy atom. The van der Waals surface area contributed by atoms with Crippen molar-refractivity contribution >= 4 is 23.4 Å². The number of rotatable bonds is 5. The summed E-state index contributed by atoms with van der Waals surface area (Å²) in [5.74, 6) is 0.636. The predicted octanol–water partition coefficient (Wildman–Crippen LogP) is 4.43.